The average Bonchev–Trinajstić information content (AvgIpc) is 1.95. The van der Waals surface area contributed by atoms with Crippen molar-refractivity contribution in [2.75, 3.05) is 0 Å². The molecule has 2 aliphatic heterocycles. The van der Waals surface area contributed by atoms with Crippen LogP contribution in [-0.2, 0) is 19.6 Å². The fraction of sp³-hybridized carbons (Fsp3) is 1.00. The van der Waals surface area contributed by atoms with E-state index in [0.717, 1.165) is 19.3 Å². The molecule has 1 aliphatic carbocycles. The van der Waals surface area contributed by atoms with Crippen LogP contribution < -0.4 is 0 Å². The zero-order chi connectivity index (χ0) is 10.0. The fourth-order valence-electron chi connectivity index (χ4n) is 2.84. The summed E-state index contributed by atoms with van der Waals surface area (Å²) in [4.78, 5) is 20.9. The molecular weight excluding hydrogens is 184 g/mol. The van der Waals surface area contributed by atoms with E-state index in [1.165, 1.54) is 0 Å². The van der Waals surface area contributed by atoms with Gasteiger partial charge in [0.1, 0.15) is 0 Å². The minimum atomic E-state index is -0.608. The molecule has 0 aromatic carbocycles. The van der Waals surface area contributed by atoms with Gasteiger partial charge in [0.25, 0.3) is 5.79 Å². The number of hydrogen-bond donors (Lipinski definition) is 0. The second kappa shape index (κ2) is 2.32. The fourth-order valence-corrected chi connectivity index (χ4v) is 2.84. The summed E-state index contributed by atoms with van der Waals surface area (Å²) in [6, 6.07) is 0. The molecule has 2 heterocycles. The highest BCUT2D eigenvalue weighted by atomic mass is 17.4. The van der Waals surface area contributed by atoms with Crippen LogP contribution in [0.3, 0.4) is 0 Å². The Morgan fingerprint density at radius 2 is 1.93 bits per heavy atom. The molecule has 1 saturated carbocycles. The molecule has 0 amide bonds. The molecule has 1 spiro atoms. The molecule has 3 atom stereocenters. The maximum absolute atomic E-state index is 5.41. The highest BCUT2D eigenvalue weighted by Crippen LogP contribution is 2.63. The first-order valence-electron chi connectivity index (χ1n) is 5.23. The zero-order valence-corrected chi connectivity index (χ0v) is 8.83. The van der Waals surface area contributed by atoms with Crippen molar-refractivity contribution in [3.05, 3.63) is 0 Å². The molecule has 3 unspecified atom stereocenters. The third-order valence-electron chi connectivity index (χ3n) is 3.79. The van der Waals surface area contributed by atoms with Gasteiger partial charge in [-0.2, -0.15) is 9.78 Å². The summed E-state index contributed by atoms with van der Waals surface area (Å²) >= 11 is 0. The van der Waals surface area contributed by atoms with Crippen LogP contribution in [0, 0.1) is 5.41 Å². The molecule has 0 aromatic heterocycles. The molecule has 80 valence electrons. The average molecular weight is 200 g/mol. The summed E-state index contributed by atoms with van der Waals surface area (Å²) in [6.07, 6.45) is 3.15. The van der Waals surface area contributed by atoms with Gasteiger partial charge in [-0.15, -0.1) is 0 Å². The van der Waals surface area contributed by atoms with Gasteiger partial charge >= 0.3 is 0 Å². The van der Waals surface area contributed by atoms with E-state index in [-0.39, 0.29) is 17.1 Å². The van der Waals surface area contributed by atoms with E-state index < -0.39 is 5.79 Å². The smallest absolute Gasteiger partial charge is 0.224 e. The van der Waals surface area contributed by atoms with E-state index in [0.29, 0.717) is 0 Å². The van der Waals surface area contributed by atoms with Crippen LogP contribution in [0.1, 0.15) is 40.0 Å². The first-order valence-corrected chi connectivity index (χ1v) is 5.23. The van der Waals surface area contributed by atoms with E-state index in [2.05, 4.69) is 20.8 Å². The number of rotatable bonds is 0. The minimum absolute atomic E-state index is 0.00764. The van der Waals surface area contributed by atoms with Crippen molar-refractivity contribution >= 4 is 0 Å². The highest BCUT2D eigenvalue weighted by molar-refractivity contribution is 5.14. The van der Waals surface area contributed by atoms with Gasteiger partial charge in [-0.1, -0.05) is 20.8 Å². The lowest BCUT2D eigenvalue weighted by atomic mass is 9.62. The lowest BCUT2D eigenvalue weighted by Crippen LogP contribution is -2.84. The Labute approximate surface area is 83.3 Å². The van der Waals surface area contributed by atoms with Crippen LogP contribution in [0.4, 0.5) is 0 Å². The maximum atomic E-state index is 5.41. The van der Waals surface area contributed by atoms with Crippen LogP contribution in [0.15, 0.2) is 0 Å². The standard InChI is InChI=1S/C10H16O4/c1-8(2,3)9-6-4-5-7-10(9,13-11-7)14-12-9/h7H,4-6H2,1-3H3. The molecule has 4 nitrogen and oxygen atoms in total. The van der Waals surface area contributed by atoms with Crippen molar-refractivity contribution in [1.82, 2.24) is 0 Å². The normalized spacial score (nSPS) is 51.2. The molecule has 4 heteroatoms. The topological polar surface area (TPSA) is 36.9 Å². The van der Waals surface area contributed by atoms with Gasteiger partial charge in [0, 0.05) is 0 Å². The Balaban J connectivity index is 1.99. The van der Waals surface area contributed by atoms with Gasteiger partial charge in [0.15, 0.2) is 11.7 Å². The Bertz CT molecular complexity index is 268. The second-order valence-corrected chi connectivity index (χ2v) is 5.47. The molecule has 0 aromatic rings. The summed E-state index contributed by atoms with van der Waals surface area (Å²) in [7, 11) is 0. The SMILES string of the molecule is CC(C)(C)C12CCCC3OOC31OO2. The van der Waals surface area contributed by atoms with Crippen molar-refractivity contribution in [2.45, 2.75) is 57.5 Å². The van der Waals surface area contributed by atoms with Crippen molar-refractivity contribution < 1.29 is 19.6 Å². The van der Waals surface area contributed by atoms with Crippen molar-refractivity contribution in [1.29, 1.82) is 0 Å². The summed E-state index contributed by atoms with van der Waals surface area (Å²) < 4.78 is 0. The Hall–Kier alpha value is -0.160. The van der Waals surface area contributed by atoms with Crippen LogP contribution in [-0.4, -0.2) is 17.5 Å². The minimum Gasteiger partial charge on any atom is -0.224 e. The first kappa shape index (κ1) is 9.09. The lowest BCUT2D eigenvalue weighted by molar-refractivity contribution is -0.750. The van der Waals surface area contributed by atoms with Crippen molar-refractivity contribution in [3.63, 3.8) is 0 Å². The van der Waals surface area contributed by atoms with Gasteiger partial charge in [-0.05, 0) is 24.7 Å². The third kappa shape index (κ3) is 0.724. The van der Waals surface area contributed by atoms with Crippen LogP contribution >= 0.6 is 0 Å². The Kier molecular flexibility index (Phi) is 1.51. The van der Waals surface area contributed by atoms with Gasteiger partial charge in [-0.3, -0.25) is 0 Å². The van der Waals surface area contributed by atoms with E-state index in [1.54, 1.807) is 0 Å². The second-order valence-electron chi connectivity index (χ2n) is 5.47. The maximum Gasteiger partial charge on any atom is 0.294 e. The quantitative estimate of drug-likeness (QED) is 0.560. The van der Waals surface area contributed by atoms with E-state index in [9.17, 15) is 0 Å². The van der Waals surface area contributed by atoms with E-state index >= 15 is 0 Å². The number of hydrogen-bond acceptors (Lipinski definition) is 4. The monoisotopic (exact) mass is 200 g/mol. The summed E-state index contributed by atoms with van der Waals surface area (Å²) in [6.45, 7) is 6.46. The molecule has 3 aliphatic rings. The van der Waals surface area contributed by atoms with Crippen LogP contribution in [0.25, 0.3) is 0 Å². The van der Waals surface area contributed by atoms with Crippen molar-refractivity contribution in [3.8, 4) is 0 Å². The van der Waals surface area contributed by atoms with Crippen molar-refractivity contribution in [2.24, 2.45) is 5.41 Å². The molecule has 14 heavy (non-hydrogen) atoms. The summed E-state index contributed by atoms with van der Waals surface area (Å²) in [5, 5.41) is 0. The third-order valence-corrected chi connectivity index (χ3v) is 3.79. The lowest BCUT2D eigenvalue weighted by Gasteiger charge is -2.67. The van der Waals surface area contributed by atoms with Crippen LogP contribution in [0.5, 0.6) is 0 Å². The van der Waals surface area contributed by atoms with Gasteiger partial charge < -0.3 is 0 Å². The Morgan fingerprint density at radius 3 is 2.29 bits per heavy atom. The summed E-state index contributed by atoms with van der Waals surface area (Å²) in [5.41, 5.74) is -0.311. The van der Waals surface area contributed by atoms with E-state index in [4.69, 9.17) is 19.6 Å². The molecule has 0 radical (unpaired) electrons. The van der Waals surface area contributed by atoms with Gasteiger partial charge in [0.2, 0.25) is 0 Å². The molecule has 0 N–H and O–H groups in total. The molecular formula is C10H16O4. The van der Waals surface area contributed by atoms with E-state index in [1.807, 2.05) is 0 Å². The first-order chi connectivity index (χ1) is 6.52. The van der Waals surface area contributed by atoms with Gasteiger partial charge in [0.05, 0.1) is 0 Å². The zero-order valence-electron chi connectivity index (χ0n) is 8.83. The van der Waals surface area contributed by atoms with Crippen LogP contribution in [0.2, 0.25) is 0 Å². The van der Waals surface area contributed by atoms with Gasteiger partial charge in [-0.25, -0.2) is 9.78 Å². The molecule has 2 saturated heterocycles. The molecule has 0 bridgehead atoms. The predicted molar refractivity (Wildman–Crippen MR) is 46.9 cm³/mol. The molecule has 3 fully saturated rings. The molecule has 3 rings (SSSR count). The summed E-state index contributed by atoms with van der Waals surface area (Å²) in [5.74, 6) is -0.608. The largest absolute Gasteiger partial charge is 0.294 e. The Morgan fingerprint density at radius 1 is 1.14 bits per heavy atom. The highest BCUT2D eigenvalue weighted by Gasteiger charge is 2.80. The predicted octanol–water partition coefficient (Wildman–Crippen LogP) is 1.94.